The van der Waals surface area contributed by atoms with E-state index >= 15 is 0 Å². The van der Waals surface area contributed by atoms with Crippen LogP contribution in [0.3, 0.4) is 0 Å². The molecule has 0 fully saturated rings. The zero-order valence-corrected chi connectivity index (χ0v) is 8.54. The van der Waals surface area contributed by atoms with Gasteiger partial charge in [-0.1, -0.05) is 12.1 Å². The predicted molar refractivity (Wildman–Crippen MR) is 56.4 cm³/mol. The largest absolute Gasteiger partial charge is 0.392 e. The fourth-order valence-electron chi connectivity index (χ4n) is 1.38. The standard InChI is InChI=1S/C10H11NO2S/c1-6(12)9-10(13)11-7-4-2-3-5-8(7)14-9/h2-6,9,12H,1H3,(H,11,13)/t6-,9+/m1/s1. The van der Waals surface area contributed by atoms with Crippen molar-refractivity contribution in [1.82, 2.24) is 0 Å². The maximum Gasteiger partial charge on any atom is 0.240 e. The van der Waals surface area contributed by atoms with E-state index in [0.29, 0.717) is 0 Å². The molecule has 0 bridgehead atoms. The number of thioether (sulfide) groups is 1. The molecule has 0 aromatic heterocycles. The zero-order chi connectivity index (χ0) is 10.1. The normalized spacial score (nSPS) is 22.4. The van der Waals surface area contributed by atoms with Crippen LogP contribution in [0, 0.1) is 0 Å². The number of aliphatic hydroxyl groups excluding tert-OH is 1. The van der Waals surface area contributed by atoms with Gasteiger partial charge in [0.15, 0.2) is 0 Å². The Morgan fingerprint density at radius 2 is 2.21 bits per heavy atom. The fraction of sp³-hybridized carbons (Fsp3) is 0.300. The van der Waals surface area contributed by atoms with Gasteiger partial charge < -0.3 is 10.4 Å². The Labute approximate surface area is 86.5 Å². The van der Waals surface area contributed by atoms with E-state index in [9.17, 15) is 9.90 Å². The molecular formula is C10H11NO2S. The van der Waals surface area contributed by atoms with Crippen LogP contribution in [-0.4, -0.2) is 22.4 Å². The number of aliphatic hydroxyl groups is 1. The van der Waals surface area contributed by atoms with Crippen LogP contribution in [0.4, 0.5) is 5.69 Å². The highest BCUT2D eigenvalue weighted by atomic mass is 32.2. The topological polar surface area (TPSA) is 49.3 Å². The third-order valence-electron chi connectivity index (χ3n) is 2.10. The molecule has 74 valence electrons. The molecule has 3 nitrogen and oxygen atoms in total. The molecule has 1 aromatic carbocycles. The van der Waals surface area contributed by atoms with Crippen LogP contribution >= 0.6 is 11.8 Å². The Morgan fingerprint density at radius 1 is 1.50 bits per heavy atom. The van der Waals surface area contributed by atoms with E-state index < -0.39 is 11.4 Å². The van der Waals surface area contributed by atoms with E-state index in [1.165, 1.54) is 11.8 Å². The van der Waals surface area contributed by atoms with Gasteiger partial charge in [-0.3, -0.25) is 4.79 Å². The number of para-hydroxylation sites is 1. The minimum Gasteiger partial charge on any atom is -0.392 e. The van der Waals surface area contributed by atoms with Gasteiger partial charge in [0, 0.05) is 4.90 Å². The molecular weight excluding hydrogens is 198 g/mol. The molecule has 2 rings (SSSR count). The monoisotopic (exact) mass is 209 g/mol. The maximum absolute atomic E-state index is 11.5. The van der Waals surface area contributed by atoms with Crippen molar-refractivity contribution in [3.63, 3.8) is 0 Å². The molecule has 0 radical (unpaired) electrons. The number of benzene rings is 1. The Morgan fingerprint density at radius 3 is 2.93 bits per heavy atom. The third-order valence-corrected chi connectivity index (χ3v) is 3.57. The Balaban J connectivity index is 2.31. The van der Waals surface area contributed by atoms with Gasteiger partial charge in [0.05, 0.1) is 11.8 Å². The summed E-state index contributed by atoms with van der Waals surface area (Å²) in [7, 11) is 0. The minimum absolute atomic E-state index is 0.122. The van der Waals surface area contributed by atoms with Crippen LogP contribution in [-0.2, 0) is 4.79 Å². The maximum atomic E-state index is 11.5. The van der Waals surface area contributed by atoms with E-state index in [-0.39, 0.29) is 5.91 Å². The van der Waals surface area contributed by atoms with Crippen LogP contribution in [0.15, 0.2) is 29.2 Å². The fourth-order valence-corrected chi connectivity index (χ4v) is 2.42. The number of hydrogen-bond donors (Lipinski definition) is 2. The smallest absolute Gasteiger partial charge is 0.240 e. The van der Waals surface area contributed by atoms with E-state index in [4.69, 9.17) is 0 Å². The number of hydrogen-bond acceptors (Lipinski definition) is 3. The van der Waals surface area contributed by atoms with Gasteiger partial charge in [-0.15, -0.1) is 11.8 Å². The first-order chi connectivity index (χ1) is 6.68. The van der Waals surface area contributed by atoms with Gasteiger partial charge in [0.1, 0.15) is 5.25 Å². The predicted octanol–water partition coefficient (Wildman–Crippen LogP) is 1.48. The molecule has 0 aliphatic carbocycles. The van der Waals surface area contributed by atoms with Gasteiger partial charge in [-0.25, -0.2) is 0 Å². The highest BCUT2D eigenvalue weighted by Crippen LogP contribution is 2.36. The summed E-state index contributed by atoms with van der Waals surface area (Å²) in [5.74, 6) is -0.122. The molecule has 2 N–H and O–H groups in total. The summed E-state index contributed by atoms with van der Waals surface area (Å²) in [5.41, 5.74) is 0.833. The van der Waals surface area contributed by atoms with E-state index in [1.807, 2.05) is 24.3 Å². The first-order valence-electron chi connectivity index (χ1n) is 4.43. The Kier molecular flexibility index (Phi) is 2.48. The summed E-state index contributed by atoms with van der Waals surface area (Å²) in [6, 6.07) is 7.60. The van der Waals surface area contributed by atoms with Gasteiger partial charge in [0.2, 0.25) is 5.91 Å². The van der Waals surface area contributed by atoms with Crippen LogP contribution < -0.4 is 5.32 Å². The highest BCUT2D eigenvalue weighted by Gasteiger charge is 2.30. The SMILES string of the molecule is C[C@@H](O)[C@@H]1Sc2ccccc2NC1=O. The van der Waals surface area contributed by atoms with E-state index in [2.05, 4.69) is 5.32 Å². The van der Waals surface area contributed by atoms with Crippen molar-refractivity contribution < 1.29 is 9.90 Å². The van der Waals surface area contributed by atoms with Crippen LogP contribution in [0.1, 0.15) is 6.92 Å². The summed E-state index contributed by atoms with van der Waals surface area (Å²) in [6.45, 7) is 1.63. The van der Waals surface area contributed by atoms with Crippen LogP contribution in [0.5, 0.6) is 0 Å². The van der Waals surface area contributed by atoms with Crippen molar-refractivity contribution in [2.24, 2.45) is 0 Å². The van der Waals surface area contributed by atoms with Crippen molar-refractivity contribution in [3.8, 4) is 0 Å². The van der Waals surface area contributed by atoms with Gasteiger partial charge in [-0.2, -0.15) is 0 Å². The molecule has 14 heavy (non-hydrogen) atoms. The first-order valence-corrected chi connectivity index (χ1v) is 5.31. The van der Waals surface area contributed by atoms with Gasteiger partial charge in [0.25, 0.3) is 0 Å². The average molecular weight is 209 g/mol. The molecule has 4 heteroatoms. The van der Waals surface area contributed by atoms with Crippen molar-refractivity contribution in [2.75, 3.05) is 5.32 Å². The van der Waals surface area contributed by atoms with E-state index in [1.54, 1.807) is 6.92 Å². The van der Waals surface area contributed by atoms with Crippen LogP contribution in [0.2, 0.25) is 0 Å². The molecule has 1 heterocycles. The molecule has 1 amide bonds. The van der Waals surface area contributed by atoms with Crippen LogP contribution in [0.25, 0.3) is 0 Å². The Hall–Kier alpha value is -1.00. The highest BCUT2D eigenvalue weighted by molar-refractivity contribution is 8.01. The number of fused-ring (bicyclic) bond motifs is 1. The molecule has 1 aliphatic rings. The molecule has 1 aromatic rings. The van der Waals surface area contributed by atoms with Gasteiger partial charge in [-0.05, 0) is 19.1 Å². The molecule has 0 saturated heterocycles. The second kappa shape index (κ2) is 3.63. The Bertz CT molecular complexity index is 365. The number of anilines is 1. The number of amides is 1. The van der Waals surface area contributed by atoms with Crippen molar-refractivity contribution in [2.45, 2.75) is 23.2 Å². The average Bonchev–Trinajstić information content (AvgIpc) is 2.16. The number of carbonyl (C=O) groups is 1. The summed E-state index contributed by atoms with van der Waals surface area (Å²) in [5, 5.41) is 11.8. The second-order valence-corrected chi connectivity index (χ2v) is 4.45. The lowest BCUT2D eigenvalue weighted by molar-refractivity contribution is -0.117. The minimum atomic E-state index is -0.631. The van der Waals surface area contributed by atoms with Crippen molar-refractivity contribution in [3.05, 3.63) is 24.3 Å². The molecule has 2 atom stereocenters. The lowest BCUT2D eigenvalue weighted by atomic mass is 10.2. The van der Waals surface area contributed by atoms with E-state index in [0.717, 1.165) is 10.6 Å². The number of carbonyl (C=O) groups excluding carboxylic acids is 1. The summed E-state index contributed by atoms with van der Waals surface area (Å²) >= 11 is 1.41. The summed E-state index contributed by atoms with van der Waals surface area (Å²) in [4.78, 5) is 12.5. The van der Waals surface area contributed by atoms with Crippen molar-refractivity contribution in [1.29, 1.82) is 0 Å². The molecule has 1 aliphatic heterocycles. The summed E-state index contributed by atoms with van der Waals surface area (Å²) < 4.78 is 0. The quantitative estimate of drug-likeness (QED) is 0.736. The molecule has 0 spiro atoms. The van der Waals surface area contributed by atoms with Gasteiger partial charge >= 0.3 is 0 Å². The molecule has 0 unspecified atom stereocenters. The number of rotatable bonds is 1. The lowest BCUT2D eigenvalue weighted by Gasteiger charge is -2.25. The van der Waals surface area contributed by atoms with Crippen molar-refractivity contribution >= 4 is 23.4 Å². The summed E-state index contributed by atoms with van der Waals surface area (Å²) in [6.07, 6.45) is -0.631. The first kappa shape index (κ1) is 9.55. The number of nitrogens with one attached hydrogen (secondary N) is 1. The third kappa shape index (κ3) is 1.63. The molecule has 0 saturated carbocycles. The zero-order valence-electron chi connectivity index (χ0n) is 7.73. The lowest BCUT2D eigenvalue weighted by Crippen LogP contribution is -2.36. The second-order valence-electron chi connectivity index (χ2n) is 3.26.